The molecule has 4 nitrogen and oxygen atoms in total. The van der Waals surface area contributed by atoms with Gasteiger partial charge in [0, 0.05) is 37.5 Å². The van der Waals surface area contributed by atoms with Gasteiger partial charge in [0.05, 0.1) is 13.2 Å². The van der Waals surface area contributed by atoms with Crippen LogP contribution in [0.1, 0.15) is 49.7 Å². The smallest absolute Gasteiger partial charge is 0.161 e. The average molecular weight is 423 g/mol. The fourth-order valence-electron chi connectivity index (χ4n) is 5.70. The summed E-state index contributed by atoms with van der Waals surface area (Å²) in [5.41, 5.74) is 2.93. The normalized spacial score (nSPS) is 24.7. The highest BCUT2D eigenvalue weighted by Crippen LogP contribution is 2.45. The number of nitrogens with zero attached hydrogens (tertiary/aromatic N) is 2. The van der Waals surface area contributed by atoms with Crippen LogP contribution >= 0.6 is 0 Å². The van der Waals surface area contributed by atoms with Gasteiger partial charge in [0.2, 0.25) is 0 Å². The minimum absolute atomic E-state index is 0.178. The Bertz CT molecular complexity index is 848. The standard InChI is InChI=1S/C27H38N2O2/c1-27(19-28(2)3)20-29(17-21-10-6-5-7-11-21)18-24(27)22-14-15-25(30-4)26(16-22)31-23-12-8-9-13-23/h5-7,10-11,14-16,23-24H,8-9,12-13,17-20H2,1-4H3. The Balaban J connectivity index is 1.59. The van der Waals surface area contributed by atoms with Crippen molar-refractivity contribution in [2.24, 2.45) is 5.41 Å². The SMILES string of the molecule is COc1ccc(C2CN(Cc3ccccc3)CC2(C)CN(C)C)cc1OC1CCCC1. The van der Waals surface area contributed by atoms with Crippen LogP contribution in [0.2, 0.25) is 0 Å². The zero-order valence-electron chi connectivity index (χ0n) is 19.6. The molecular formula is C27H38N2O2. The molecule has 4 heteroatoms. The van der Waals surface area contributed by atoms with Gasteiger partial charge < -0.3 is 14.4 Å². The molecule has 4 rings (SSSR count). The molecule has 0 amide bonds. The van der Waals surface area contributed by atoms with Crippen molar-refractivity contribution in [2.45, 2.75) is 51.2 Å². The van der Waals surface area contributed by atoms with Gasteiger partial charge in [0.25, 0.3) is 0 Å². The molecule has 0 N–H and O–H groups in total. The Morgan fingerprint density at radius 3 is 2.45 bits per heavy atom. The molecule has 0 spiro atoms. The van der Waals surface area contributed by atoms with E-state index in [9.17, 15) is 0 Å². The highest BCUT2D eigenvalue weighted by molar-refractivity contribution is 5.45. The van der Waals surface area contributed by atoms with Crippen LogP contribution in [-0.2, 0) is 6.54 Å². The van der Waals surface area contributed by atoms with Gasteiger partial charge in [-0.3, -0.25) is 4.90 Å². The number of likely N-dealkylation sites (tertiary alicyclic amines) is 1. The summed E-state index contributed by atoms with van der Waals surface area (Å²) in [5.74, 6) is 2.22. The second-order valence-electron chi connectivity index (χ2n) is 10.0. The number of hydrogen-bond acceptors (Lipinski definition) is 4. The highest BCUT2D eigenvalue weighted by Gasteiger charge is 2.44. The minimum atomic E-state index is 0.178. The number of methoxy groups -OCH3 is 1. The van der Waals surface area contributed by atoms with Gasteiger partial charge in [-0.25, -0.2) is 0 Å². The summed E-state index contributed by atoms with van der Waals surface area (Å²) in [6, 6.07) is 17.5. The van der Waals surface area contributed by atoms with Crippen LogP contribution in [0.25, 0.3) is 0 Å². The Labute approximate surface area is 188 Å². The molecular weight excluding hydrogens is 384 g/mol. The molecule has 2 atom stereocenters. The molecule has 2 aliphatic rings. The van der Waals surface area contributed by atoms with E-state index in [2.05, 4.69) is 79.3 Å². The molecule has 168 valence electrons. The summed E-state index contributed by atoms with van der Waals surface area (Å²) in [5, 5.41) is 0. The largest absolute Gasteiger partial charge is 0.493 e. The molecule has 1 saturated carbocycles. The van der Waals surface area contributed by atoms with Crippen LogP contribution in [0.3, 0.4) is 0 Å². The van der Waals surface area contributed by atoms with Crippen molar-refractivity contribution in [3.05, 3.63) is 59.7 Å². The summed E-state index contributed by atoms with van der Waals surface area (Å²) in [4.78, 5) is 4.95. The van der Waals surface area contributed by atoms with Gasteiger partial charge in [0.1, 0.15) is 0 Å². The quantitative estimate of drug-likeness (QED) is 0.585. The van der Waals surface area contributed by atoms with E-state index < -0.39 is 0 Å². The van der Waals surface area contributed by atoms with E-state index in [0.717, 1.165) is 50.5 Å². The van der Waals surface area contributed by atoms with E-state index in [0.29, 0.717) is 12.0 Å². The van der Waals surface area contributed by atoms with Crippen molar-refractivity contribution in [1.82, 2.24) is 9.80 Å². The van der Waals surface area contributed by atoms with Gasteiger partial charge in [-0.15, -0.1) is 0 Å². The lowest BCUT2D eigenvalue weighted by molar-refractivity contribution is 0.193. The lowest BCUT2D eigenvalue weighted by Gasteiger charge is -2.34. The first-order valence-corrected chi connectivity index (χ1v) is 11.7. The van der Waals surface area contributed by atoms with E-state index in [-0.39, 0.29) is 5.41 Å². The Morgan fingerprint density at radius 2 is 1.77 bits per heavy atom. The topological polar surface area (TPSA) is 24.9 Å². The first-order valence-electron chi connectivity index (χ1n) is 11.7. The molecule has 0 radical (unpaired) electrons. The average Bonchev–Trinajstić information content (AvgIpc) is 3.35. The zero-order chi connectivity index (χ0) is 21.8. The van der Waals surface area contributed by atoms with Gasteiger partial charge in [-0.05, 0) is 63.0 Å². The van der Waals surface area contributed by atoms with E-state index in [4.69, 9.17) is 9.47 Å². The monoisotopic (exact) mass is 422 g/mol. The molecule has 2 unspecified atom stereocenters. The van der Waals surface area contributed by atoms with Gasteiger partial charge in [-0.1, -0.05) is 43.3 Å². The van der Waals surface area contributed by atoms with E-state index in [1.54, 1.807) is 7.11 Å². The zero-order valence-corrected chi connectivity index (χ0v) is 19.6. The van der Waals surface area contributed by atoms with Crippen LogP contribution in [0, 0.1) is 5.41 Å². The number of rotatable bonds is 8. The molecule has 2 aromatic rings. The van der Waals surface area contributed by atoms with E-state index in [1.807, 2.05) is 0 Å². The summed E-state index contributed by atoms with van der Waals surface area (Å²) < 4.78 is 12.1. The number of benzene rings is 2. The maximum Gasteiger partial charge on any atom is 0.161 e. The van der Waals surface area contributed by atoms with Crippen molar-refractivity contribution in [3.8, 4) is 11.5 Å². The molecule has 0 bridgehead atoms. The highest BCUT2D eigenvalue weighted by atomic mass is 16.5. The Morgan fingerprint density at radius 1 is 1.03 bits per heavy atom. The summed E-state index contributed by atoms with van der Waals surface area (Å²) in [7, 11) is 6.11. The molecule has 1 heterocycles. The number of hydrogen-bond donors (Lipinski definition) is 0. The molecule has 2 aromatic carbocycles. The second-order valence-corrected chi connectivity index (χ2v) is 10.0. The van der Waals surface area contributed by atoms with E-state index in [1.165, 1.54) is 24.0 Å². The van der Waals surface area contributed by atoms with Crippen LogP contribution in [0.4, 0.5) is 0 Å². The second kappa shape index (κ2) is 9.62. The van der Waals surface area contributed by atoms with Gasteiger partial charge >= 0.3 is 0 Å². The summed E-state index contributed by atoms with van der Waals surface area (Å²) >= 11 is 0. The first kappa shape index (κ1) is 22.2. The third-order valence-electron chi connectivity index (χ3n) is 6.98. The predicted octanol–water partition coefficient (Wildman–Crippen LogP) is 5.18. The van der Waals surface area contributed by atoms with Crippen molar-refractivity contribution in [1.29, 1.82) is 0 Å². The van der Waals surface area contributed by atoms with E-state index >= 15 is 0 Å². The minimum Gasteiger partial charge on any atom is -0.493 e. The fraction of sp³-hybridized carbons (Fsp3) is 0.556. The maximum atomic E-state index is 6.42. The molecule has 0 aromatic heterocycles. The van der Waals surface area contributed by atoms with Crippen LogP contribution in [0.5, 0.6) is 11.5 Å². The van der Waals surface area contributed by atoms with Crippen LogP contribution in [0.15, 0.2) is 48.5 Å². The number of ether oxygens (including phenoxy) is 2. The van der Waals surface area contributed by atoms with Crippen molar-refractivity contribution >= 4 is 0 Å². The lowest BCUT2D eigenvalue weighted by Crippen LogP contribution is -2.37. The van der Waals surface area contributed by atoms with Crippen LogP contribution < -0.4 is 9.47 Å². The molecule has 1 aliphatic carbocycles. The molecule has 1 aliphatic heterocycles. The Hall–Kier alpha value is -2.04. The van der Waals surface area contributed by atoms with Crippen LogP contribution in [-0.4, -0.2) is 56.7 Å². The van der Waals surface area contributed by atoms with Crippen molar-refractivity contribution in [3.63, 3.8) is 0 Å². The molecule has 2 fully saturated rings. The molecule has 31 heavy (non-hydrogen) atoms. The predicted molar refractivity (Wildman–Crippen MR) is 127 cm³/mol. The van der Waals surface area contributed by atoms with Crippen molar-refractivity contribution < 1.29 is 9.47 Å². The fourth-order valence-corrected chi connectivity index (χ4v) is 5.70. The third kappa shape index (κ3) is 5.24. The summed E-state index contributed by atoms with van der Waals surface area (Å²) in [6.07, 6.45) is 5.17. The van der Waals surface area contributed by atoms with Gasteiger partial charge in [0.15, 0.2) is 11.5 Å². The van der Waals surface area contributed by atoms with Gasteiger partial charge in [-0.2, -0.15) is 0 Å². The summed E-state index contributed by atoms with van der Waals surface area (Å²) in [6.45, 7) is 6.67. The Kier molecular flexibility index (Phi) is 6.88. The first-order chi connectivity index (χ1) is 15.0. The third-order valence-corrected chi connectivity index (χ3v) is 6.98. The van der Waals surface area contributed by atoms with Crippen molar-refractivity contribution in [2.75, 3.05) is 40.8 Å². The maximum absolute atomic E-state index is 6.42. The molecule has 1 saturated heterocycles. The lowest BCUT2D eigenvalue weighted by atomic mass is 9.75.